The number of ether oxygens (including phenoxy) is 1. The molecule has 2 N–H and O–H groups in total. The van der Waals surface area contributed by atoms with Gasteiger partial charge >= 0.3 is 5.97 Å². The Morgan fingerprint density at radius 1 is 1.35 bits per heavy atom. The molecule has 1 fully saturated rings. The number of hydrogen-bond acceptors (Lipinski definition) is 3. The van der Waals surface area contributed by atoms with E-state index in [0.717, 1.165) is 29.3 Å². The molecule has 4 heteroatoms. The van der Waals surface area contributed by atoms with Crippen LogP contribution in [0.25, 0.3) is 0 Å². The SMILES string of the molecule is CC(C)(C)OC(=O)C1(c2ccc(Br)cc2)CCCC1N. The van der Waals surface area contributed by atoms with Crippen molar-refractivity contribution in [1.82, 2.24) is 0 Å². The lowest BCUT2D eigenvalue weighted by Crippen LogP contribution is -2.50. The Morgan fingerprint density at radius 3 is 2.40 bits per heavy atom. The van der Waals surface area contributed by atoms with Crippen LogP contribution in [-0.4, -0.2) is 17.6 Å². The van der Waals surface area contributed by atoms with E-state index in [2.05, 4.69) is 15.9 Å². The Labute approximate surface area is 129 Å². The zero-order valence-electron chi connectivity index (χ0n) is 12.3. The summed E-state index contributed by atoms with van der Waals surface area (Å²) in [5.41, 5.74) is 6.05. The molecule has 0 amide bonds. The minimum Gasteiger partial charge on any atom is -0.459 e. The molecule has 1 aromatic rings. The quantitative estimate of drug-likeness (QED) is 0.838. The minimum absolute atomic E-state index is 0.182. The smallest absolute Gasteiger partial charge is 0.318 e. The first-order valence-corrected chi connectivity index (χ1v) is 7.80. The summed E-state index contributed by atoms with van der Waals surface area (Å²) in [6.07, 6.45) is 2.57. The molecular formula is C16H22BrNO2. The Morgan fingerprint density at radius 2 is 1.95 bits per heavy atom. The largest absolute Gasteiger partial charge is 0.459 e. The van der Waals surface area contributed by atoms with Gasteiger partial charge in [-0.2, -0.15) is 0 Å². The fourth-order valence-corrected chi connectivity index (χ4v) is 3.14. The third-order valence-corrected chi connectivity index (χ3v) is 4.37. The van der Waals surface area contributed by atoms with E-state index in [9.17, 15) is 4.79 Å². The molecule has 0 spiro atoms. The second-order valence-electron chi connectivity index (χ2n) is 6.48. The molecule has 0 saturated heterocycles. The summed E-state index contributed by atoms with van der Waals surface area (Å²) in [7, 11) is 0. The first-order chi connectivity index (χ1) is 9.25. The maximum absolute atomic E-state index is 12.8. The minimum atomic E-state index is -0.700. The van der Waals surface area contributed by atoms with Crippen molar-refractivity contribution in [2.45, 2.75) is 57.1 Å². The third-order valence-electron chi connectivity index (χ3n) is 3.84. The summed E-state index contributed by atoms with van der Waals surface area (Å²) in [6, 6.07) is 7.66. The molecule has 1 saturated carbocycles. The molecule has 0 radical (unpaired) electrons. The lowest BCUT2D eigenvalue weighted by molar-refractivity contribution is -0.162. The first kappa shape index (κ1) is 15.5. The number of nitrogens with two attached hydrogens (primary N) is 1. The van der Waals surface area contributed by atoms with Gasteiger partial charge in [-0.15, -0.1) is 0 Å². The first-order valence-electron chi connectivity index (χ1n) is 7.01. The van der Waals surface area contributed by atoms with Crippen molar-refractivity contribution in [2.75, 3.05) is 0 Å². The predicted molar refractivity (Wildman–Crippen MR) is 83.5 cm³/mol. The van der Waals surface area contributed by atoms with Gasteiger partial charge in [0, 0.05) is 10.5 Å². The van der Waals surface area contributed by atoms with Crippen LogP contribution in [0.5, 0.6) is 0 Å². The molecule has 2 unspecified atom stereocenters. The number of carbonyl (C=O) groups excluding carboxylic acids is 1. The van der Waals surface area contributed by atoms with Gasteiger partial charge in [-0.3, -0.25) is 4.79 Å². The van der Waals surface area contributed by atoms with Gasteiger partial charge in [-0.25, -0.2) is 0 Å². The van der Waals surface area contributed by atoms with Crippen molar-refractivity contribution in [2.24, 2.45) is 5.73 Å². The molecule has 110 valence electrons. The normalized spacial score (nSPS) is 26.6. The Bertz CT molecular complexity index is 492. The predicted octanol–water partition coefficient (Wildman–Crippen LogP) is 3.54. The molecule has 0 aliphatic heterocycles. The Hall–Kier alpha value is -0.870. The van der Waals surface area contributed by atoms with E-state index in [0.29, 0.717) is 0 Å². The lowest BCUT2D eigenvalue weighted by Gasteiger charge is -2.34. The molecule has 3 nitrogen and oxygen atoms in total. The van der Waals surface area contributed by atoms with E-state index in [4.69, 9.17) is 10.5 Å². The average molecular weight is 340 g/mol. The van der Waals surface area contributed by atoms with Crippen LogP contribution in [0.15, 0.2) is 28.7 Å². The molecule has 0 aromatic heterocycles. The number of rotatable bonds is 2. The molecule has 1 aliphatic rings. The van der Waals surface area contributed by atoms with Gasteiger partial charge in [-0.1, -0.05) is 34.5 Å². The number of carbonyl (C=O) groups is 1. The van der Waals surface area contributed by atoms with Crippen LogP contribution in [0.4, 0.5) is 0 Å². The summed E-state index contributed by atoms with van der Waals surface area (Å²) in [5.74, 6) is -0.197. The van der Waals surface area contributed by atoms with E-state index in [1.54, 1.807) is 0 Å². The third kappa shape index (κ3) is 2.91. The topological polar surface area (TPSA) is 52.3 Å². The second kappa shape index (κ2) is 5.49. The fourth-order valence-electron chi connectivity index (χ4n) is 2.88. The number of esters is 1. The fraction of sp³-hybridized carbons (Fsp3) is 0.562. The van der Waals surface area contributed by atoms with Gasteiger partial charge in [0.1, 0.15) is 11.0 Å². The van der Waals surface area contributed by atoms with E-state index in [1.165, 1.54) is 0 Å². The van der Waals surface area contributed by atoms with Crippen LogP contribution in [-0.2, 0) is 14.9 Å². The molecule has 2 rings (SSSR count). The van der Waals surface area contributed by atoms with Crippen LogP contribution in [0, 0.1) is 0 Å². The maximum Gasteiger partial charge on any atom is 0.318 e. The van der Waals surface area contributed by atoms with Gasteiger partial charge in [0.05, 0.1) is 0 Å². The van der Waals surface area contributed by atoms with E-state index in [-0.39, 0.29) is 12.0 Å². The Kier molecular flexibility index (Phi) is 4.26. The standard InChI is InChI=1S/C16H22BrNO2/c1-15(2,3)20-14(19)16(10-4-5-13(16)18)11-6-8-12(17)9-7-11/h6-9,13H,4-5,10,18H2,1-3H3. The van der Waals surface area contributed by atoms with Crippen LogP contribution in [0.2, 0.25) is 0 Å². The molecule has 0 bridgehead atoms. The monoisotopic (exact) mass is 339 g/mol. The summed E-state index contributed by atoms with van der Waals surface area (Å²) < 4.78 is 6.64. The maximum atomic E-state index is 12.8. The highest BCUT2D eigenvalue weighted by Gasteiger charge is 2.50. The van der Waals surface area contributed by atoms with Gasteiger partial charge < -0.3 is 10.5 Å². The van der Waals surface area contributed by atoms with Crippen LogP contribution < -0.4 is 5.73 Å². The number of benzene rings is 1. The van der Waals surface area contributed by atoms with Crippen molar-refractivity contribution in [3.63, 3.8) is 0 Å². The lowest BCUT2D eigenvalue weighted by atomic mass is 9.76. The van der Waals surface area contributed by atoms with Crippen molar-refractivity contribution < 1.29 is 9.53 Å². The highest BCUT2D eigenvalue weighted by Crippen LogP contribution is 2.42. The molecule has 0 heterocycles. The zero-order chi connectivity index (χ0) is 15.0. The van der Waals surface area contributed by atoms with Gasteiger partial charge in [-0.05, 0) is 51.3 Å². The van der Waals surface area contributed by atoms with E-state index >= 15 is 0 Å². The molecule has 20 heavy (non-hydrogen) atoms. The molecule has 2 atom stereocenters. The Balaban J connectivity index is 2.41. The van der Waals surface area contributed by atoms with Crippen molar-refractivity contribution >= 4 is 21.9 Å². The number of hydrogen-bond donors (Lipinski definition) is 1. The molecule has 1 aromatic carbocycles. The molecule has 1 aliphatic carbocycles. The summed E-state index contributed by atoms with van der Waals surface area (Å²) >= 11 is 3.43. The molecular weight excluding hydrogens is 318 g/mol. The van der Waals surface area contributed by atoms with E-state index < -0.39 is 11.0 Å². The highest BCUT2D eigenvalue weighted by atomic mass is 79.9. The summed E-state index contributed by atoms with van der Waals surface area (Å²) in [6.45, 7) is 5.67. The number of halogens is 1. The van der Waals surface area contributed by atoms with Crippen LogP contribution in [0.1, 0.15) is 45.6 Å². The van der Waals surface area contributed by atoms with Gasteiger partial charge in [0.2, 0.25) is 0 Å². The van der Waals surface area contributed by atoms with Crippen LogP contribution in [0.3, 0.4) is 0 Å². The highest BCUT2D eigenvalue weighted by molar-refractivity contribution is 9.10. The van der Waals surface area contributed by atoms with Crippen molar-refractivity contribution in [1.29, 1.82) is 0 Å². The van der Waals surface area contributed by atoms with Crippen LogP contribution >= 0.6 is 15.9 Å². The summed E-state index contributed by atoms with van der Waals surface area (Å²) in [4.78, 5) is 12.8. The van der Waals surface area contributed by atoms with Crippen molar-refractivity contribution in [3.8, 4) is 0 Å². The van der Waals surface area contributed by atoms with Gasteiger partial charge in [0.25, 0.3) is 0 Å². The van der Waals surface area contributed by atoms with Crippen molar-refractivity contribution in [3.05, 3.63) is 34.3 Å². The zero-order valence-corrected chi connectivity index (χ0v) is 13.9. The van der Waals surface area contributed by atoms with Gasteiger partial charge in [0.15, 0.2) is 0 Å². The summed E-state index contributed by atoms with van der Waals surface area (Å²) in [5, 5.41) is 0. The van der Waals surface area contributed by atoms with E-state index in [1.807, 2.05) is 45.0 Å². The average Bonchev–Trinajstić information content (AvgIpc) is 2.71. The second-order valence-corrected chi connectivity index (χ2v) is 7.39.